The van der Waals surface area contributed by atoms with E-state index in [9.17, 15) is 9.00 Å². The Bertz CT molecular complexity index is 559. The maximum Gasteiger partial charge on any atom is 0.271 e. The highest BCUT2D eigenvalue weighted by molar-refractivity contribution is 7.91. The summed E-state index contributed by atoms with van der Waals surface area (Å²) in [7, 11) is -1.76. The third-order valence-corrected chi connectivity index (χ3v) is 4.76. The van der Waals surface area contributed by atoms with Gasteiger partial charge in [-0.05, 0) is 12.3 Å². The third-order valence-electron chi connectivity index (χ3n) is 2.36. The highest BCUT2D eigenvalue weighted by atomic mass is 32.2. The van der Waals surface area contributed by atoms with Crippen molar-refractivity contribution in [3.05, 3.63) is 11.4 Å². The van der Waals surface area contributed by atoms with E-state index in [4.69, 9.17) is 15.6 Å². The topological polar surface area (TPSA) is 108 Å². The summed E-state index contributed by atoms with van der Waals surface area (Å²) in [6.07, 6.45) is 0.477. The van der Waals surface area contributed by atoms with Gasteiger partial charge in [-0.2, -0.15) is 0 Å². The molecule has 1 aromatic heterocycles. The van der Waals surface area contributed by atoms with E-state index in [1.54, 1.807) is 5.38 Å². The van der Waals surface area contributed by atoms with E-state index < -0.39 is 21.9 Å². The number of carbonyl (C=O) groups is 1. The van der Waals surface area contributed by atoms with Crippen molar-refractivity contribution >= 4 is 27.2 Å². The molecule has 1 aromatic rings. The van der Waals surface area contributed by atoms with Crippen LogP contribution in [0.1, 0.15) is 20.3 Å². The lowest BCUT2D eigenvalue weighted by atomic mass is 10.0. The molecule has 0 fully saturated rings. The van der Waals surface area contributed by atoms with Crippen molar-refractivity contribution in [3.8, 4) is 5.06 Å². The predicted octanol–water partition coefficient (Wildman–Crippen LogP) is 1.36. The van der Waals surface area contributed by atoms with Crippen LogP contribution in [0.2, 0.25) is 0 Å². The van der Waals surface area contributed by atoms with Gasteiger partial charge in [0.05, 0.1) is 18.0 Å². The summed E-state index contributed by atoms with van der Waals surface area (Å²) < 4.78 is 20.8. The molecule has 108 valence electrons. The van der Waals surface area contributed by atoms with E-state index in [2.05, 4.69) is 4.36 Å². The number of hydrogen-bond acceptors (Lipinski definition) is 5. The van der Waals surface area contributed by atoms with E-state index in [-0.39, 0.29) is 10.8 Å². The van der Waals surface area contributed by atoms with Crippen LogP contribution < -0.4 is 15.6 Å². The number of nitrogens with zero attached hydrogens (tertiary/aromatic N) is 1. The molecule has 1 heterocycles. The minimum Gasteiger partial charge on any atom is -0.487 e. The molecule has 0 bridgehead atoms. The van der Waals surface area contributed by atoms with E-state index in [1.165, 1.54) is 24.5 Å². The highest BCUT2D eigenvalue weighted by Crippen LogP contribution is 2.25. The zero-order valence-corrected chi connectivity index (χ0v) is 12.8. The summed E-state index contributed by atoms with van der Waals surface area (Å²) >= 11 is 1.24. The Labute approximate surface area is 117 Å². The molecule has 2 atom stereocenters. The van der Waals surface area contributed by atoms with Crippen molar-refractivity contribution in [3.63, 3.8) is 0 Å². The van der Waals surface area contributed by atoms with Crippen LogP contribution in [0.5, 0.6) is 5.06 Å². The number of thiophene rings is 1. The molecule has 1 rings (SSSR count). The minimum absolute atomic E-state index is 0.254. The molecule has 0 saturated heterocycles. The van der Waals surface area contributed by atoms with Gasteiger partial charge >= 0.3 is 0 Å². The molecule has 1 amide bonds. The van der Waals surface area contributed by atoms with Crippen LogP contribution >= 0.6 is 11.3 Å². The molecule has 1 unspecified atom stereocenters. The predicted molar refractivity (Wildman–Crippen MR) is 76.3 cm³/mol. The largest absolute Gasteiger partial charge is 0.487 e. The summed E-state index contributed by atoms with van der Waals surface area (Å²) in [6, 6.07) is 0.738. The fourth-order valence-corrected chi connectivity index (χ4v) is 3.57. The van der Waals surface area contributed by atoms with Crippen LogP contribution in [0.25, 0.3) is 0 Å². The normalized spacial score (nSPS) is 15.9. The number of ether oxygens (including phenoxy) is 1. The van der Waals surface area contributed by atoms with Gasteiger partial charge in [-0.1, -0.05) is 13.8 Å². The van der Waals surface area contributed by atoms with Crippen molar-refractivity contribution in [1.82, 2.24) is 0 Å². The van der Waals surface area contributed by atoms with E-state index in [0.29, 0.717) is 11.5 Å². The summed E-state index contributed by atoms with van der Waals surface area (Å²) in [5.41, 5.74) is 5.69. The van der Waals surface area contributed by atoms with Gasteiger partial charge in [-0.25, -0.2) is 9.35 Å². The van der Waals surface area contributed by atoms with Crippen LogP contribution in [-0.2, 0) is 14.7 Å². The van der Waals surface area contributed by atoms with Gasteiger partial charge < -0.3 is 10.5 Å². The fourth-order valence-electron chi connectivity index (χ4n) is 1.42. The SMILES string of the molecule is COc1cc(S(N)(=O)=NC(=O)[C@@H](N)CC(C)C)cs1. The Morgan fingerprint density at radius 2 is 2.21 bits per heavy atom. The Hall–Kier alpha value is -0.960. The molecule has 19 heavy (non-hydrogen) atoms. The van der Waals surface area contributed by atoms with Crippen molar-refractivity contribution in [1.29, 1.82) is 0 Å². The van der Waals surface area contributed by atoms with Gasteiger partial charge in [-0.15, -0.1) is 15.7 Å². The van der Waals surface area contributed by atoms with Crippen LogP contribution in [-0.4, -0.2) is 23.3 Å². The van der Waals surface area contributed by atoms with Crippen molar-refractivity contribution in [2.24, 2.45) is 21.2 Å². The van der Waals surface area contributed by atoms with E-state index >= 15 is 0 Å². The monoisotopic (exact) mass is 305 g/mol. The molecule has 6 nitrogen and oxygen atoms in total. The van der Waals surface area contributed by atoms with Crippen LogP contribution in [0.3, 0.4) is 0 Å². The first kappa shape index (κ1) is 16.1. The van der Waals surface area contributed by atoms with Gasteiger partial charge in [0.25, 0.3) is 5.91 Å². The smallest absolute Gasteiger partial charge is 0.271 e. The van der Waals surface area contributed by atoms with E-state index in [1.807, 2.05) is 13.8 Å². The maximum absolute atomic E-state index is 12.2. The highest BCUT2D eigenvalue weighted by Gasteiger charge is 2.18. The molecular weight excluding hydrogens is 286 g/mol. The molecule has 8 heteroatoms. The van der Waals surface area contributed by atoms with Crippen molar-refractivity contribution < 1.29 is 13.7 Å². The Morgan fingerprint density at radius 3 is 2.68 bits per heavy atom. The van der Waals surface area contributed by atoms with Gasteiger partial charge in [0.15, 0.2) is 5.06 Å². The minimum atomic E-state index is -3.25. The number of rotatable bonds is 5. The van der Waals surface area contributed by atoms with Crippen LogP contribution in [0.4, 0.5) is 0 Å². The Balaban J connectivity index is 2.95. The van der Waals surface area contributed by atoms with Crippen LogP contribution in [0, 0.1) is 5.92 Å². The van der Waals surface area contributed by atoms with Gasteiger partial charge in [0.1, 0.15) is 9.92 Å². The van der Waals surface area contributed by atoms with E-state index in [0.717, 1.165) is 0 Å². The Kier molecular flexibility index (Phi) is 5.48. The van der Waals surface area contributed by atoms with Crippen molar-refractivity contribution in [2.45, 2.75) is 31.2 Å². The molecule has 0 aliphatic rings. The quantitative estimate of drug-likeness (QED) is 0.856. The zero-order valence-electron chi connectivity index (χ0n) is 11.2. The fraction of sp³-hybridized carbons (Fsp3) is 0.545. The summed E-state index contributed by atoms with van der Waals surface area (Å²) in [4.78, 5) is 12.0. The lowest BCUT2D eigenvalue weighted by Crippen LogP contribution is -2.32. The van der Waals surface area contributed by atoms with Gasteiger partial charge in [0, 0.05) is 11.4 Å². The molecule has 0 radical (unpaired) electrons. The first-order valence-corrected chi connectivity index (χ1v) is 8.19. The molecular formula is C11H19N3O3S2. The lowest BCUT2D eigenvalue weighted by molar-refractivity contribution is -0.119. The van der Waals surface area contributed by atoms with Crippen molar-refractivity contribution in [2.75, 3.05) is 7.11 Å². The first-order chi connectivity index (χ1) is 8.76. The number of hydrogen-bond donors (Lipinski definition) is 2. The average molecular weight is 305 g/mol. The third kappa shape index (κ3) is 4.57. The Morgan fingerprint density at radius 1 is 1.58 bits per heavy atom. The lowest BCUT2D eigenvalue weighted by Gasteiger charge is -2.10. The van der Waals surface area contributed by atoms with Crippen LogP contribution in [0.15, 0.2) is 20.7 Å². The molecule has 0 aromatic carbocycles. The summed E-state index contributed by atoms with van der Waals surface area (Å²) in [6.45, 7) is 3.88. The average Bonchev–Trinajstić information content (AvgIpc) is 2.76. The molecule has 0 aliphatic carbocycles. The summed E-state index contributed by atoms with van der Waals surface area (Å²) in [5, 5.41) is 7.73. The molecule has 0 spiro atoms. The zero-order chi connectivity index (χ0) is 14.6. The molecule has 0 saturated carbocycles. The number of methoxy groups -OCH3 is 1. The second kappa shape index (κ2) is 6.47. The summed E-state index contributed by atoms with van der Waals surface area (Å²) in [5.74, 6) is -0.379. The second-order valence-electron chi connectivity index (χ2n) is 4.54. The van der Waals surface area contributed by atoms with Gasteiger partial charge in [0.2, 0.25) is 0 Å². The molecule has 0 aliphatic heterocycles. The number of amides is 1. The number of carbonyl (C=O) groups excluding carboxylic acids is 1. The first-order valence-electron chi connectivity index (χ1n) is 5.73. The second-order valence-corrected chi connectivity index (χ2v) is 7.20. The van der Waals surface area contributed by atoms with Gasteiger partial charge in [-0.3, -0.25) is 4.79 Å². The number of nitrogens with two attached hydrogens (primary N) is 2. The maximum atomic E-state index is 12.2. The standard InChI is InChI=1S/C11H19N3O3S2/c1-7(2)4-9(12)11(15)14-19(13,16)8-5-10(17-3)18-6-8/h5-7,9H,4,12H2,1-3H3,(H2,13,14,15,16)/t9-,19?/m0/s1. The molecule has 4 N–H and O–H groups in total.